The molecule has 1 N–H and O–H groups in total. The van der Waals surface area contributed by atoms with Crippen LogP contribution in [0.2, 0.25) is 0 Å². The molecule has 0 bridgehead atoms. The molecule has 0 spiro atoms. The van der Waals surface area contributed by atoms with E-state index in [1.807, 2.05) is 30.3 Å². The second kappa shape index (κ2) is 7.91. The third-order valence-electron chi connectivity index (χ3n) is 5.02. The fourth-order valence-electron chi connectivity index (χ4n) is 3.25. The normalized spacial score (nSPS) is 13.2. The van der Waals surface area contributed by atoms with E-state index in [0.717, 1.165) is 12.8 Å². The first-order valence-corrected chi connectivity index (χ1v) is 9.52. The molecule has 0 amide bonds. The van der Waals surface area contributed by atoms with Crippen LogP contribution in [-0.4, -0.2) is 24.0 Å². The van der Waals surface area contributed by atoms with Gasteiger partial charge in [-0.15, -0.1) is 0 Å². The lowest BCUT2D eigenvalue weighted by Gasteiger charge is -2.18. The molecule has 0 aliphatic heterocycles. The number of hydrogen-bond donors (Lipinski definition) is 1. The van der Waals surface area contributed by atoms with E-state index in [1.54, 1.807) is 0 Å². The van der Waals surface area contributed by atoms with Gasteiger partial charge in [-0.25, -0.2) is 4.39 Å². The Labute approximate surface area is 167 Å². The number of rotatable bonds is 7. The molecule has 29 heavy (non-hydrogen) atoms. The first kappa shape index (κ1) is 18.9. The summed E-state index contributed by atoms with van der Waals surface area (Å²) in [5.41, 5.74) is 1.07. The molecule has 0 unspecified atom stereocenters. The second-order valence-corrected chi connectivity index (χ2v) is 7.11. The van der Waals surface area contributed by atoms with E-state index >= 15 is 0 Å². The molecular weight excluding hydrogens is 371 g/mol. The third-order valence-corrected chi connectivity index (χ3v) is 5.02. The number of nitrogens with zero attached hydrogens (tertiary/aromatic N) is 1. The number of halogens is 1. The van der Waals surface area contributed by atoms with Gasteiger partial charge in [0.2, 0.25) is 0 Å². The zero-order valence-electron chi connectivity index (χ0n) is 16.0. The van der Waals surface area contributed by atoms with Crippen molar-refractivity contribution in [3.63, 3.8) is 0 Å². The highest BCUT2D eigenvalue weighted by Gasteiger charge is 2.24. The summed E-state index contributed by atoms with van der Waals surface area (Å²) in [6, 6.07) is 16.1. The van der Waals surface area contributed by atoms with Gasteiger partial charge in [-0.05, 0) is 55.2 Å². The minimum absolute atomic E-state index is 0.000259. The lowest BCUT2D eigenvalue weighted by Crippen LogP contribution is -2.25. The summed E-state index contributed by atoms with van der Waals surface area (Å²) >= 11 is 0. The number of nitrogens with one attached hydrogen (secondary N) is 1. The molecule has 1 aromatic heterocycles. The standard InChI is InChI=1S/C23H21FN2O3/c1-29-20-13-16(9-11-19(20)24)22(28)18-10-12-21(27)26(17-5-3-2-4-6-17)23(18)25-14-15-7-8-15/h2-6,9-13,15,25H,7-8,14H2,1H3. The smallest absolute Gasteiger partial charge is 0.256 e. The summed E-state index contributed by atoms with van der Waals surface area (Å²) in [7, 11) is 1.35. The van der Waals surface area contributed by atoms with Crippen molar-refractivity contribution in [1.82, 2.24) is 4.57 Å². The molecule has 5 nitrogen and oxygen atoms in total. The Bertz CT molecular complexity index is 1100. The highest BCUT2D eigenvalue weighted by atomic mass is 19.1. The predicted molar refractivity (Wildman–Crippen MR) is 110 cm³/mol. The molecule has 1 aliphatic carbocycles. The van der Waals surface area contributed by atoms with E-state index in [-0.39, 0.29) is 22.7 Å². The van der Waals surface area contributed by atoms with Crippen LogP contribution in [0.5, 0.6) is 5.75 Å². The van der Waals surface area contributed by atoms with Gasteiger partial charge in [0.05, 0.1) is 18.4 Å². The molecule has 3 aromatic rings. The number of aromatic nitrogens is 1. The summed E-state index contributed by atoms with van der Waals surface area (Å²) in [5, 5.41) is 3.31. The van der Waals surface area contributed by atoms with Gasteiger partial charge in [-0.2, -0.15) is 0 Å². The maximum absolute atomic E-state index is 13.8. The van der Waals surface area contributed by atoms with Crippen molar-refractivity contribution in [1.29, 1.82) is 0 Å². The summed E-state index contributed by atoms with van der Waals surface area (Å²) in [6.45, 7) is 0.684. The van der Waals surface area contributed by atoms with E-state index in [2.05, 4.69) is 5.32 Å². The van der Waals surface area contributed by atoms with E-state index < -0.39 is 5.82 Å². The Kier molecular flexibility index (Phi) is 5.16. The molecule has 1 aliphatic rings. The van der Waals surface area contributed by atoms with Crippen molar-refractivity contribution < 1.29 is 13.9 Å². The molecule has 0 atom stereocenters. The number of pyridine rings is 1. The number of anilines is 1. The van der Waals surface area contributed by atoms with Crippen LogP contribution < -0.4 is 15.6 Å². The van der Waals surface area contributed by atoms with Gasteiger partial charge in [-0.1, -0.05) is 18.2 Å². The van der Waals surface area contributed by atoms with Gasteiger partial charge < -0.3 is 10.1 Å². The molecule has 6 heteroatoms. The van der Waals surface area contributed by atoms with Crippen molar-refractivity contribution >= 4 is 11.6 Å². The van der Waals surface area contributed by atoms with Crippen molar-refractivity contribution in [3.8, 4) is 11.4 Å². The molecule has 1 heterocycles. The fraction of sp³-hybridized carbons (Fsp3) is 0.217. The Balaban J connectivity index is 1.83. The zero-order valence-corrected chi connectivity index (χ0v) is 16.0. The highest BCUT2D eigenvalue weighted by molar-refractivity contribution is 6.12. The maximum atomic E-state index is 13.8. The summed E-state index contributed by atoms with van der Waals surface area (Å²) < 4.78 is 20.3. The lowest BCUT2D eigenvalue weighted by molar-refractivity contribution is 0.103. The number of methoxy groups -OCH3 is 1. The number of carbonyl (C=O) groups is 1. The number of ether oxygens (including phenoxy) is 1. The van der Waals surface area contributed by atoms with Crippen molar-refractivity contribution in [2.24, 2.45) is 5.92 Å². The van der Waals surface area contributed by atoms with E-state index in [0.29, 0.717) is 29.5 Å². The van der Waals surface area contributed by atoms with E-state index in [4.69, 9.17) is 4.74 Å². The van der Waals surface area contributed by atoms with Crippen LogP contribution in [-0.2, 0) is 0 Å². The zero-order chi connectivity index (χ0) is 20.4. The summed E-state index contributed by atoms with van der Waals surface area (Å²) in [4.78, 5) is 26.0. The van der Waals surface area contributed by atoms with Crippen molar-refractivity contribution in [2.45, 2.75) is 12.8 Å². The lowest BCUT2D eigenvalue weighted by atomic mass is 10.0. The molecular formula is C23H21FN2O3. The number of benzene rings is 2. The summed E-state index contributed by atoms with van der Waals surface area (Å²) in [6.07, 6.45) is 2.27. The summed E-state index contributed by atoms with van der Waals surface area (Å²) in [5.74, 6) is 0.142. The number of carbonyl (C=O) groups excluding carboxylic acids is 1. The van der Waals surface area contributed by atoms with E-state index in [1.165, 1.54) is 42.0 Å². The molecule has 148 valence electrons. The largest absolute Gasteiger partial charge is 0.494 e. The molecule has 4 rings (SSSR count). The fourth-order valence-corrected chi connectivity index (χ4v) is 3.25. The number of para-hydroxylation sites is 1. The molecule has 0 saturated heterocycles. The second-order valence-electron chi connectivity index (χ2n) is 7.11. The Hall–Kier alpha value is -3.41. The van der Waals surface area contributed by atoms with Crippen LogP contribution in [0.1, 0.15) is 28.8 Å². The van der Waals surface area contributed by atoms with Crippen molar-refractivity contribution in [2.75, 3.05) is 19.0 Å². The van der Waals surface area contributed by atoms with Crippen LogP contribution in [0.4, 0.5) is 10.2 Å². The van der Waals surface area contributed by atoms with Gasteiger partial charge in [-0.3, -0.25) is 14.2 Å². The third kappa shape index (κ3) is 3.92. The van der Waals surface area contributed by atoms with Crippen LogP contribution in [0.25, 0.3) is 5.69 Å². The molecule has 0 radical (unpaired) electrons. The van der Waals surface area contributed by atoms with Crippen LogP contribution in [0.3, 0.4) is 0 Å². The van der Waals surface area contributed by atoms with E-state index in [9.17, 15) is 14.0 Å². The van der Waals surface area contributed by atoms with Crippen molar-refractivity contribution in [3.05, 3.63) is 88.0 Å². The Morgan fingerprint density at radius 1 is 1.14 bits per heavy atom. The van der Waals surface area contributed by atoms with Gasteiger partial charge in [0.1, 0.15) is 5.82 Å². The van der Waals surface area contributed by atoms with Crippen LogP contribution >= 0.6 is 0 Å². The molecule has 2 aromatic carbocycles. The Morgan fingerprint density at radius 3 is 2.59 bits per heavy atom. The first-order valence-electron chi connectivity index (χ1n) is 9.52. The van der Waals surface area contributed by atoms with Crippen LogP contribution in [0, 0.1) is 11.7 Å². The number of hydrogen-bond acceptors (Lipinski definition) is 4. The Morgan fingerprint density at radius 2 is 1.90 bits per heavy atom. The quantitative estimate of drug-likeness (QED) is 0.617. The number of ketones is 1. The molecule has 1 fully saturated rings. The predicted octanol–water partition coefficient (Wildman–Crippen LogP) is 4.04. The van der Waals surface area contributed by atoms with Crippen LogP contribution in [0.15, 0.2) is 65.5 Å². The van der Waals surface area contributed by atoms with Gasteiger partial charge in [0.15, 0.2) is 17.3 Å². The van der Waals surface area contributed by atoms with Gasteiger partial charge in [0, 0.05) is 18.2 Å². The maximum Gasteiger partial charge on any atom is 0.256 e. The average Bonchev–Trinajstić information content (AvgIpc) is 3.57. The minimum Gasteiger partial charge on any atom is -0.494 e. The monoisotopic (exact) mass is 392 g/mol. The minimum atomic E-state index is -0.537. The average molecular weight is 392 g/mol. The first-order chi connectivity index (χ1) is 14.1. The SMILES string of the molecule is COc1cc(C(=O)c2ccc(=O)n(-c3ccccc3)c2NCC2CC2)ccc1F. The van der Waals surface area contributed by atoms with Gasteiger partial charge >= 0.3 is 0 Å². The molecule has 1 saturated carbocycles. The topological polar surface area (TPSA) is 60.3 Å². The van der Waals surface area contributed by atoms with Gasteiger partial charge in [0.25, 0.3) is 5.56 Å². The highest BCUT2D eigenvalue weighted by Crippen LogP contribution is 2.30.